The third kappa shape index (κ3) is 8.07. The Bertz CT molecular complexity index is 3290. The molecule has 0 bridgehead atoms. The Morgan fingerprint density at radius 1 is 0.712 bits per heavy atom. The minimum Gasteiger partial charge on any atom is -0.497 e. The molecule has 4 heterocycles. The number of nitriles is 1. The first kappa shape index (κ1) is 42.0. The summed E-state index contributed by atoms with van der Waals surface area (Å²) in [4.78, 5) is 41.9. The molecule has 4 aromatic carbocycles. The SMILES string of the molecule is COc1cc(-c2nc(-c3ccc4[nH]c5c(c4c3)CCC5CC(=O)OC(=O)CC3CCc4c3[nH]c3ccc(-c5noc(-c6cc(C#N)cc(OC(F)(F)F)c6)n5)cc43)no2)cc(C(F)(F)F)c1. The normalized spacial score (nSPS) is 15.8. The fourth-order valence-corrected chi connectivity index (χ4v) is 8.90. The number of H-pyrrole nitrogens is 2. The van der Waals surface area contributed by atoms with Gasteiger partial charge in [0, 0.05) is 67.3 Å². The molecule has 0 aliphatic heterocycles. The van der Waals surface area contributed by atoms with Crippen molar-refractivity contribution in [2.45, 2.75) is 62.9 Å². The average molecular weight is 908 g/mol. The third-order valence-corrected chi connectivity index (χ3v) is 11.8. The molecular weight excluding hydrogens is 877 g/mol. The molecule has 2 aliphatic rings. The molecule has 0 fully saturated rings. The lowest BCUT2D eigenvalue weighted by molar-refractivity contribution is -0.274. The van der Waals surface area contributed by atoms with Crippen molar-refractivity contribution in [2.24, 2.45) is 0 Å². The van der Waals surface area contributed by atoms with Crippen molar-refractivity contribution in [1.82, 2.24) is 30.2 Å². The number of rotatable bonds is 10. The highest BCUT2D eigenvalue weighted by Crippen LogP contribution is 2.43. The Kier molecular flexibility index (Phi) is 10.1. The molecule has 0 saturated carbocycles. The molecule has 0 saturated heterocycles. The summed E-state index contributed by atoms with van der Waals surface area (Å²) in [6.45, 7) is 0. The summed E-state index contributed by atoms with van der Waals surface area (Å²) in [5, 5.41) is 19.1. The van der Waals surface area contributed by atoms with E-state index in [1.807, 2.05) is 24.3 Å². The maximum absolute atomic E-state index is 13.5. The summed E-state index contributed by atoms with van der Waals surface area (Å²) < 4.78 is 104. The second kappa shape index (κ2) is 15.9. The third-order valence-electron chi connectivity index (χ3n) is 11.8. The lowest BCUT2D eigenvalue weighted by atomic mass is 10.0. The van der Waals surface area contributed by atoms with Gasteiger partial charge in [0.15, 0.2) is 0 Å². The highest BCUT2D eigenvalue weighted by Gasteiger charge is 2.35. The standard InChI is InChI=1S/C46H31F6N7O7/c1-62-29-13-27(12-28(19-29)45(47,48)49)44-57-42(59-66-44)25-5-9-36-34(16-25)32-7-3-23(40(32)55-36)18-38(61)63-37(60)17-22-2-6-31-33-15-24(4-8-35(33)54-39(22)31)41-56-43(65-58-41)26-10-21(20-53)11-30(14-26)64-46(50,51)52/h4-5,8-16,19,22-23,54-55H,2-3,6-7,17-18H2,1H3. The Morgan fingerprint density at radius 2 is 1.24 bits per heavy atom. The number of carbonyl (C=O) groups is 2. The Morgan fingerprint density at radius 3 is 1.74 bits per heavy atom. The van der Waals surface area contributed by atoms with E-state index in [1.165, 1.54) is 19.2 Å². The zero-order valence-electron chi connectivity index (χ0n) is 34.2. The zero-order valence-corrected chi connectivity index (χ0v) is 34.2. The second-order valence-corrected chi connectivity index (χ2v) is 16.0. The fourth-order valence-electron chi connectivity index (χ4n) is 8.90. The van der Waals surface area contributed by atoms with Crippen LogP contribution < -0.4 is 9.47 Å². The predicted octanol–water partition coefficient (Wildman–Crippen LogP) is 10.5. The topological polar surface area (TPSA) is 195 Å². The van der Waals surface area contributed by atoms with Gasteiger partial charge in [0.2, 0.25) is 11.6 Å². The predicted molar refractivity (Wildman–Crippen MR) is 219 cm³/mol. The summed E-state index contributed by atoms with van der Waals surface area (Å²) in [7, 11) is 1.26. The molecule has 4 aromatic heterocycles. The lowest BCUT2D eigenvalue weighted by Crippen LogP contribution is -2.17. The highest BCUT2D eigenvalue weighted by molar-refractivity contribution is 5.92. The molecule has 2 atom stereocenters. The number of alkyl halides is 6. The van der Waals surface area contributed by atoms with Crippen LogP contribution in [-0.2, 0) is 33.3 Å². The van der Waals surface area contributed by atoms with Gasteiger partial charge in [-0.05, 0) is 110 Å². The van der Waals surface area contributed by atoms with Crippen LogP contribution >= 0.6 is 0 Å². The molecule has 10 rings (SSSR count). The van der Waals surface area contributed by atoms with E-state index in [-0.39, 0.29) is 70.5 Å². The van der Waals surface area contributed by atoms with Gasteiger partial charge in [-0.25, -0.2) is 0 Å². The molecule has 2 N–H and O–H groups in total. The number of fused-ring (bicyclic) bond motifs is 6. The Balaban J connectivity index is 0.788. The summed E-state index contributed by atoms with van der Waals surface area (Å²) in [5.74, 6) is -2.29. The molecule has 2 aliphatic carbocycles. The number of methoxy groups -OCH3 is 1. The number of hydrogen-bond acceptors (Lipinski definition) is 12. The average Bonchev–Trinajstić information content (AvgIpc) is 4.14. The van der Waals surface area contributed by atoms with Gasteiger partial charge >= 0.3 is 24.5 Å². The van der Waals surface area contributed by atoms with Crippen molar-refractivity contribution in [2.75, 3.05) is 7.11 Å². The number of nitrogens with zero attached hydrogens (tertiary/aromatic N) is 5. The van der Waals surface area contributed by atoms with Gasteiger partial charge in [-0.3, -0.25) is 9.59 Å². The molecule has 14 nitrogen and oxygen atoms in total. The van der Waals surface area contributed by atoms with E-state index < -0.39 is 35.8 Å². The van der Waals surface area contributed by atoms with E-state index in [2.05, 4.69) is 35.0 Å². The van der Waals surface area contributed by atoms with Crippen LogP contribution in [0, 0.1) is 11.3 Å². The van der Waals surface area contributed by atoms with Crippen LogP contribution in [0.5, 0.6) is 11.5 Å². The van der Waals surface area contributed by atoms with E-state index in [9.17, 15) is 41.2 Å². The van der Waals surface area contributed by atoms with E-state index in [1.54, 1.807) is 18.2 Å². The van der Waals surface area contributed by atoms with Gasteiger partial charge in [-0.2, -0.15) is 28.4 Å². The quantitative estimate of drug-likeness (QED) is 0.0750. The number of ether oxygens (including phenoxy) is 3. The van der Waals surface area contributed by atoms with Crippen molar-refractivity contribution in [3.8, 4) is 63.3 Å². The van der Waals surface area contributed by atoms with E-state index >= 15 is 0 Å². The van der Waals surface area contributed by atoms with Crippen molar-refractivity contribution in [1.29, 1.82) is 5.26 Å². The van der Waals surface area contributed by atoms with Gasteiger partial charge in [-0.15, -0.1) is 13.2 Å². The largest absolute Gasteiger partial charge is 0.573 e. The molecule has 0 spiro atoms. The summed E-state index contributed by atoms with van der Waals surface area (Å²) in [6, 6.07) is 19.1. The van der Waals surface area contributed by atoms with Crippen LogP contribution in [0.4, 0.5) is 26.3 Å². The second-order valence-electron chi connectivity index (χ2n) is 16.0. The van der Waals surface area contributed by atoms with E-state index in [0.717, 1.165) is 68.6 Å². The number of aromatic nitrogens is 6. The summed E-state index contributed by atoms with van der Waals surface area (Å²) >= 11 is 0. The van der Waals surface area contributed by atoms with E-state index in [4.69, 9.17) is 18.5 Å². The summed E-state index contributed by atoms with van der Waals surface area (Å²) in [6.07, 6.45) is -7.10. The molecule has 334 valence electrons. The molecular formula is C46H31F6N7O7. The first-order valence-electron chi connectivity index (χ1n) is 20.4. The van der Waals surface area contributed by atoms with Crippen LogP contribution in [0.3, 0.4) is 0 Å². The van der Waals surface area contributed by atoms with Gasteiger partial charge in [0.25, 0.3) is 11.8 Å². The van der Waals surface area contributed by atoms with Crippen molar-refractivity contribution in [3.05, 3.63) is 106 Å². The maximum atomic E-state index is 13.5. The minimum absolute atomic E-state index is 0.0152. The van der Waals surface area contributed by atoms with E-state index in [0.29, 0.717) is 36.8 Å². The number of hydrogen-bond donors (Lipinski definition) is 2. The number of benzene rings is 4. The number of aryl methyl sites for hydroxylation is 2. The van der Waals surface area contributed by atoms with Crippen LogP contribution in [0.2, 0.25) is 0 Å². The van der Waals surface area contributed by atoms with Gasteiger partial charge in [0.05, 0.1) is 37.1 Å². The highest BCUT2D eigenvalue weighted by atomic mass is 19.4. The first-order chi connectivity index (χ1) is 31.6. The van der Waals surface area contributed by atoms with Crippen molar-refractivity contribution >= 4 is 33.7 Å². The number of aromatic amines is 2. The Labute approximate surface area is 367 Å². The number of nitrogens with one attached hydrogen (secondary N) is 2. The molecule has 0 radical (unpaired) electrons. The minimum atomic E-state index is -4.97. The molecule has 20 heteroatoms. The number of esters is 2. The van der Waals surface area contributed by atoms with Gasteiger partial charge < -0.3 is 33.2 Å². The van der Waals surface area contributed by atoms with Crippen LogP contribution in [-0.4, -0.2) is 55.7 Å². The van der Waals surface area contributed by atoms with Crippen molar-refractivity contribution < 1.29 is 59.2 Å². The molecule has 0 amide bonds. The van der Waals surface area contributed by atoms with Gasteiger partial charge in [-0.1, -0.05) is 10.3 Å². The van der Waals surface area contributed by atoms with Crippen LogP contribution in [0.25, 0.3) is 67.5 Å². The zero-order chi connectivity index (χ0) is 46.1. The molecule has 2 unspecified atom stereocenters. The Hall–Kier alpha value is -7.95. The summed E-state index contributed by atoms with van der Waals surface area (Å²) in [5.41, 5.74) is 5.47. The molecule has 66 heavy (non-hydrogen) atoms. The van der Waals surface area contributed by atoms with Gasteiger partial charge in [0.1, 0.15) is 11.5 Å². The lowest BCUT2D eigenvalue weighted by Gasteiger charge is -2.11. The number of carbonyl (C=O) groups excluding carboxylic acids is 2. The van der Waals surface area contributed by atoms with Crippen molar-refractivity contribution in [3.63, 3.8) is 0 Å². The maximum Gasteiger partial charge on any atom is 0.573 e. The smallest absolute Gasteiger partial charge is 0.497 e. The fraction of sp³-hybridized carbons (Fsp3) is 0.239. The van der Waals surface area contributed by atoms with Crippen LogP contribution in [0.15, 0.2) is 81.8 Å². The first-order valence-corrected chi connectivity index (χ1v) is 20.4. The monoisotopic (exact) mass is 907 g/mol. The molecule has 8 aromatic rings. The number of halogens is 6. The van der Waals surface area contributed by atoms with Crippen LogP contribution in [0.1, 0.15) is 71.2 Å².